The van der Waals surface area contributed by atoms with Crippen molar-refractivity contribution < 1.29 is 4.79 Å². The van der Waals surface area contributed by atoms with Crippen molar-refractivity contribution in [3.05, 3.63) is 26.4 Å². The highest BCUT2D eigenvalue weighted by Crippen LogP contribution is 2.26. The molecular formula is C14H20ClN5OS. The number of hydrogen-bond acceptors (Lipinski definition) is 5. The monoisotopic (exact) mass is 341 g/mol. The Morgan fingerprint density at radius 2 is 2.00 bits per heavy atom. The molecule has 0 saturated carbocycles. The number of carbonyl (C=O) groups excluding carboxylic acids is 1. The van der Waals surface area contributed by atoms with Crippen LogP contribution in [0.1, 0.15) is 46.8 Å². The highest BCUT2D eigenvalue weighted by atomic mass is 35.5. The van der Waals surface area contributed by atoms with E-state index in [1.807, 2.05) is 27.7 Å². The molecule has 2 aromatic rings. The first-order chi connectivity index (χ1) is 10.1. The summed E-state index contributed by atoms with van der Waals surface area (Å²) in [7, 11) is 3.50. The molecule has 0 aliphatic heterocycles. The fourth-order valence-electron chi connectivity index (χ4n) is 1.94. The van der Waals surface area contributed by atoms with Gasteiger partial charge in [0.25, 0.3) is 5.91 Å². The third-order valence-electron chi connectivity index (χ3n) is 3.26. The van der Waals surface area contributed by atoms with Crippen LogP contribution < -0.4 is 0 Å². The molecule has 0 fully saturated rings. The van der Waals surface area contributed by atoms with Crippen LogP contribution in [0.2, 0.25) is 5.15 Å². The van der Waals surface area contributed by atoms with Crippen LogP contribution in [0.5, 0.6) is 0 Å². The predicted octanol–water partition coefficient (Wildman–Crippen LogP) is 2.80. The van der Waals surface area contributed by atoms with Gasteiger partial charge in [-0.2, -0.15) is 5.10 Å². The molecule has 0 aliphatic rings. The van der Waals surface area contributed by atoms with Crippen LogP contribution in [0.3, 0.4) is 0 Å². The Balaban J connectivity index is 2.17. The molecule has 0 aliphatic carbocycles. The molecule has 0 aromatic carbocycles. The quantitative estimate of drug-likeness (QED) is 0.861. The second-order valence-electron chi connectivity index (χ2n) is 6.30. The van der Waals surface area contributed by atoms with Gasteiger partial charge >= 0.3 is 0 Å². The van der Waals surface area contributed by atoms with Crippen LogP contribution in [-0.2, 0) is 19.0 Å². The van der Waals surface area contributed by atoms with Crippen molar-refractivity contribution in [3.8, 4) is 0 Å². The third-order valence-corrected chi connectivity index (χ3v) is 5.07. The van der Waals surface area contributed by atoms with Crippen molar-refractivity contribution >= 4 is 28.8 Å². The fourth-order valence-corrected chi connectivity index (χ4v) is 3.07. The molecule has 2 heterocycles. The number of carbonyl (C=O) groups is 1. The maximum absolute atomic E-state index is 12.5. The van der Waals surface area contributed by atoms with E-state index in [4.69, 9.17) is 11.6 Å². The van der Waals surface area contributed by atoms with E-state index in [9.17, 15) is 4.79 Å². The lowest BCUT2D eigenvalue weighted by molar-refractivity contribution is 0.0783. The smallest absolute Gasteiger partial charge is 0.284 e. The minimum Gasteiger partial charge on any atom is -0.335 e. The minimum atomic E-state index is -0.160. The van der Waals surface area contributed by atoms with Crippen LogP contribution >= 0.6 is 22.9 Å². The zero-order valence-electron chi connectivity index (χ0n) is 13.6. The predicted molar refractivity (Wildman–Crippen MR) is 87.4 cm³/mol. The fraction of sp³-hybridized carbons (Fsp3) is 0.571. The molecule has 1 amide bonds. The number of nitrogens with zero attached hydrogens (tertiary/aromatic N) is 5. The number of rotatable bonds is 3. The molecule has 120 valence electrons. The van der Waals surface area contributed by atoms with Crippen molar-refractivity contribution in [1.82, 2.24) is 24.9 Å². The van der Waals surface area contributed by atoms with Gasteiger partial charge < -0.3 is 4.90 Å². The van der Waals surface area contributed by atoms with Crippen molar-refractivity contribution in [2.45, 2.75) is 39.7 Å². The van der Waals surface area contributed by atoms with Crippen LogP contribution in [-0.4, -0.2) is 37.8 Å². The van der Waals surface area contributed by atoms with Crippen molar-refractivity contribution in [1.29, 1.82) is 0 Å². The summed E-state index contributed by atoms with van der Waals surface area (Å²) < 4.78 is 1.60. The first kappa shape index (κ1) is 16.9. The molecule has 0 spiro atoms. The summed E-state index contributed by atoms with van der Waals surface area (Å²) >= 11 is 7.54. The first-order valence-corrected chi connectivity index (χ1v) is 8.08. The normalized spacial score (nSPS) is 11.8. The topological polar surface area (TPSA) is 63.9 Å². The summed E-state index contributed by atoms with van der Waals surface area (Å²) in [6, 6.07) is 0. The number of aromatic nitrogens is 4. The van der Waals surface area contributed by atoms with E-state index >= 15 is 0 Å². The molecule has 0 atom stereocenters. The van der Waals surface area contributed by atoms with Crippen LogP contribution in [0.4, 0.5) is 0 Å². The summed E-state index contributed by atoms with van der Waals surface area (Å²) in [4.78, 5) is 14.1. The lowest BCUT2D eigenvalue weighted by Gasteiger charge is -2.15. The Kier molecular flexibility index (Phi) is 4.58. The van der Waals surface area contributed by atoms with Crippen molar-refractivity contribution in [2.24, 2.45) is 7.05 Å². The molecule has 2 rings (SSSR count). The summed E-state index contributed by atoms with van der Waals surface area (Å²) in [5, 5.41) is 14.2. The van der Waals surface area contributed by atoms with E-state index in [1.165, 1.54) is 11.3 Å². The number of amides is 1. The lowest BCUT2D eigenvalue weighted by atomic mass is 9.98. The largest absolute Gasteiger partial charge is 0.335 e. The average molecular weight is 342 g/mol. The number of halogens is 1. The number of aryl methyl sites for hydroxylation is 2. The summed E-state index contributed by atoms with van der Waals surface area (Å²) in [5.74, 6) is -0.160. The van der Waals surface area contributed by atoms with E-state index in [2.05, 4.69) is 15.3 Å². The highest BCUT2D eigenvalue weighted by Gasteiger charge is 2.24. The van der Waals surface area contributed by atoms with Crippen LogP contribution in [0.15, 0.2) is 0 Å². The molecule has 2 aromatic heterocycles. The van der Waals surface area contributed by atoms with E-state index in [0.717, 1.165) is 16.3 Å². The minimum absolute atomic E-state index is 0.113. The van der Waals surface area contributed by atoms with Gasteiger partial charge in [0, 0.05) is 25.1 Å². The SMILES string of the molecule is Cc1nn(C)c(Cl)c1CN(C)C(=O)c1nnc(C(C)(C)C)s1. The van der Waals surface area contributed by atoms with Gasteiger partial charge in [-0.3, -0.25) is 9.48 Å². The maximum Gasteiger partial charge on any atom is 0.284 e. The van der Waals surface area contributed by atoms with Crippen molar-refractivity contribution in [2.75, 3.05) is 7.05 Å². The van der Waals surface area contributed by atoms with Crippen LogP contribution in [0, 0.1) is 6.92 Å². The summed E-state index contributed by atoms with van der Waals surface area (Å²) in [6.45, 7) is 8.41. The van der Waals surface area contributed by atoms with Crippen molar-refractivity contribution in [3.63, 3.8) is 0 Å². The molecule has 22 heavy (non-hydrogen) atoms. The van der Waals surface area contributed by atoms with Gasteiger partial charge in [-0.05, 0) is 6.92 Å². The summed E-state index contributed by atoms with van der Waals surface area (Å²) in [5.41, 5.74) is 1.55. The molecular weight excluding hydrogens is 322 g/mol. The standard InChI is InChI=1S/C14H20ClN5OS/c1-8-9(10(15)20(6)18-8)7-19(5)12(21)11-16-17-13(22-11)14(2,3)4/h7H2,1-6H3. The lowest BCUT2D eigenvalue weighted by Crippen LogP contribution is -2.26. The van der Waals surface area contributed by atoms with E-state index in [-0.39, 0.29) is 11.3 Å². The molecule has 0 saturated heterocycles. The second kappa shape index (κ2) is 5.96. The highest BCUT2D eigenvalue weighted by molar-refractivity contribution is 7.13. The Morgan fingerprint density at radius 3 is 2.45 bits per heavy atom. The average Bonchev–Trinajstić information content (AvgIpc) is 2.99. The zero-order valence-corrected chi connectivity index (χ0v) is 15.2. The zero-order chi connectivity index (χ0) is 16.7. The second-order valence-corrected chi connectivity index (χ2v) is 7.64. The molecule has 0 radical (unpaired) electrons. The summed E-state index contributed by atoms with van der Waals surface area (Å²) in [6.07, 6.45) is 0. The third kappa shape index (κ3) is 3.30. The Bertz CT molecular complexity index is 701. The first-order valence-electron chi connectivity index (χ1n) is 6.88. The Morgan fingerprint density at radius 1 is 1.36 bits per heavy atom. The van der Waals surface area contributed by atoms with Gasteiger partial charge in [-0.15, -0.1) is 10.2 Å². The van der Waals surface area contributed by atoms with Gasteiger partial charge in [-0.1, -0.05) is 43.7 Å². The van der Waals surface area contributed by atoms with Gasteiger partial charge in [0.1, 0.15) is 10.2 Å². The van der Waals surface area contributed by atoms with Gasteiger partial charge in [0.15, 0.2) is 0 Å². The van der Waals surface area contributed by atoms with E-state index in [0.29, 0.717) is 16.7 Å². The van der Waals surface area contributed by atoms with E-state index < -0.39 is 0 Å². The molecule has 0 bridgehead atoms. The van der Waals surface area contributed by atoms with E-state index in [1.54, 1.807) is 23.7 Å². The number of hydrogen-bond donors (Lipinski definition) is 0. The molecule has 0 N–H and O–H groups in total. The molecule has 6 nitrogen and oxygen atoms in total. The van der Waals surface area contributed by atoms with Crippen LogP contribution in [0.25, 0.3) is 0 Å². The van der Waals surface area contributed by atoms with Gasteiger partial charge in [-0.25, -0.2) is 0 Å². The molecule has 8 heteroatoms. The Labute approximate surface area is 139 Å². The molecule has 0 unspecified atom stereocenters. The van der Waals surface area contributed by atoms with Gasteiger partial charge in [0.05, 0.1) is 12.2 Å². The maximum atomic E-state index is 12.5. The Hall–Kier alpha value is -1.47. The van der Waals surface area contributed by atoms with Gasteiger partial charge in [0.2, 0.25) is 5.01 Å².